The van der Waals surface area contributed by atoms with E-state index in [0.29, 0.717) is 19.6 Å². The summed E-state index contributed by atoms with van der Waals surface area (Å²) in [4.78, 5) is 14.1. The zero-order valence-electron chi connectivity index (χ0n) is 12.8. The molecule has 1 amide bonds. The summed E-state index contributed by atoms with van der Waals surface area (Å²) < 4.78 is 28.2. The summed E-state index contributed by atoms with van der Waals surface area (Å²) >= 11 is 0. The summed E-state index contributed by atoms with van der Waals surface area (Å²) in [7, 11) is -1.48. The maximum atomic E-state index is 12.5. The molecule has 0 aliphatic carbocycles. The normalized spacial score (nSPS) is 23.6. The van der Waals surface area contributed by atoms with Crippen LogP contribution < -0.4 is 5.73 Å². The molecular weight excluding hydrogens is 280 g/mol. The van der Waals surface area contributed by atoms with Crippen LogP contribution in [0.15, 0.2) is 0 Å². The molecule has 0 saturated carbocycles. The van der Waals surface area contributed by atoms with Crippen molar-refractivity contribution in [1.29, 1.82) is 0 Å². The Morgan fingerprint density at radius 2 is 2.05 bits per heavy atom. The third-order valence-corrected chi connectivity index (χ3v) is 5.42. The molecule has 0 aromatic carbocycles. The van der Waals surface area contributed by atoms with Crippen LogP contribution in [-0.4, -0.2) is 63.1 Å². The third-order valence-electron chi connectivity index (χ3n) is 3.67. The molecule has 0 spiro atoms. The maximum absolute atomic E-state index is 12.5. The SMILES string of the molecule is COCCN(C(=O)[C@H](N)C(C)(C)C)C1CCS(=O)(=O)C1. The third kappa shape index (κ3) is 4.43. The first-order chi connectivity index (χ1) is 9.08. The van der Waals surface area contributed by atoms with E-state index in [2.05, 4.69) is 0 Å². The average molecular weight is 306 g/mol. The van der Waals surface area contributed by atoms with Crippen molar-refractivity contribution in [2.24, 2.45) is 11.1 Å². The van der Waals surface area contributed by atoms with Crippen molar-refractivity contribution in [2.75, 3.05) is 31.8 Å². The number of hydrogen-bond donors (Lipinski definition) is 1. The zero-order valence-corrected chi connectivity index (χ0v) is 13.6. The number of nitrogens with two attached hydrogens (primary N) is 1. The Hall–Kier alpha value is -0.660. The van der Waals surface area contributed by atoms with Gasteiger partial charge < -0.3 is 15.4 Å². The first-order valence-corrected chi connectivity index (χ1v) is 8.66. The second kappa shape index (κ2) is 6.41. The largest absolute Gasteiger partial charge is 0.383 e. The van der Waals surface area contributed by atoms with Gasteiger partial charge >= 0.3 is 0 Å². The molecule has 2 N–H and O–H groups in total. The van der Waals surface area contributed by atoms with E-state index in [1.807, 2.05) is 20.8 Å². The Morgan fingerprint density at radius 1 is 1.45 bits per heavy atom. The molecule has 0 aromatic heterocycles. The van der Waals surface area contributed by atoms with E-state index in [-0.39, 0.29) is 28.9 Å². The fourth-order valence-electron chi connectivity index (χ4n) is 2.23. The van der Waals surface area contributed by atoms with Crippen molar-refractivity contribution in [2.45, 2.75) is 39.3 Å². The van der Waals surface area contributed by atoms with Crippen LogP contribution in [0.3, 0.4) is 0 Å². The van der Waals surface area contributed by atoms with E-state index in [1.54, 1.807) is 12.0 Å². The number of ether oxygens (including phenoxy) is 1. The number of carbonyl (C=O) groups is 1. The first kappa shape index (κ1) is 17.4. The summed E-state index contributed by atoms with van der Waals surface area (Å²) in [6, 6.07) is -0.932. The van der Waals surface area contributed by atoms with Crippen LogP contribution in [0.1, 0.15) is 27.2 Å². The highest BCUT2D eigenvalue weighted by Crippen LogP contribution is 2.23. The highest BCUT2D eigenvalue weighted by Gasteiger charge is 2.38. The lowest BCUT2D eigenvalue weighted by atomic mass is 9.86. The van der Waals surface area contributed by atoms with E-state index in [4.69, 9.17) is 10.5 Å². The van der Waals surface area contributed by atoms with Gasteiger partial charge in [-0.3, -0.25) is 4.79 Å². The fraction of sp³-hybridized carbons (Fsp3) is 0.923. The second-order valence-electron chi connectivity index (χ2n) is 6.42. The van der Waals surface area contributed by atoms with Gasteiger partial charge in [0.15, 0.2) is 9.84 Å². The molecule has 118 valence electrons. The van der Waals surface area contributed by atoms with Crippen LogP contribution in [-0.2, 0) is 19.4 Å². The van der Waals surface area contributed by atoms with E-state index >= 15 is 0 Å². The number of nitrogens with zero attached hydrogens (tertiary/aromatic N) is 1. The summed E-state index contributed by atoms with van der Waals surface area (Å²) in [5, 5.41) is 0. The average Bonchev–Trinajstić information content (AvgIpc) is 2.67. The molecule has 2 atom stereocenters. The highest BCUT2D eigenvalue weighted by molar-refractivity contribution is 7.91. The van der Waals surface area contributed by atoms with Gasteiger partial charge in [0.05, 0.1) is 24.2 Å². The van der Waals surface area contributed by atoms with Gasteiger partial charge in [0.2, 0.25) is 5.91 Å². The van der Waals surface area contributed by atoms with Crippen molar-refractivity contribution in [1.82, 2.24) is 4.90 Å². The first-order valence-electron chi connectivity index (χ1n) is 6.84. The van der Waals surface area contributed by atoms with Crippen molar-refractivity contribution < 1.29 is 17.9 Å². The smallest absolute Gasteiger partial charge is 0.240 e. The molecule has 1 aliphatic heterocycles. The number of carbonyl (C=O) groups excluding carboxylic acids is 1. The van der Waals surface area contributed by atoms with Crippen LogP contribution in [0.2, 0.25) is 0 Å². The molecule has 0 bridgehead atoms. The van der Waals surface area contributed by atoms with Gasteiger partial charge in [-0.2, -0.15) is 0 Å². The van der Waals surface area contributed by atoms with Gasteiger partial charge in [-0.05, 0) is 11.8 Å². The molecule has 1 heterocycles. The lowest BCUT2D eigenvalue weighted by molar-refractivity contribution is -0.137. The lowest BCUT2D eigenvalue weighted by Gasteiger charge is -2.35. The van der Waals surface area contributed by atoms with Gasteiger partial charge in [-0.25, -0.2) is 8.42 Å². The number of methoxy groups -OCH3 is 1. The quantitative estimate of drug-likeness (QED) is 0.773. The van der Waals surface area contributed by atoms with Gasteiger partial charge in [0.1, 0.15) is 0 Å². The number of rotatable bonds is 5. The standard InChI is InChI=1S/C13H26N2O4S/c1-13(2,3)11(14)12(16)15(6-7-19-4)10-5-8-20(17,18)9-10/h10-11H,5-9,14H2,1-4H3/t10?,11-/m0/s1. The minimum atomic E-state index is -3.04. The lowest BCUT2D eigenvalue weighted by Crippen LogP contribution is -2.54. The van der Waals surface area contributed by atoms with E-state index in [1.165, 1.54) is 0 Å². The van der Waals surface area contributed by atoms with Crippen LogP contribution in [0.25, 0.3) is 0 Å². The van der Waals surface area contributed by atoms with Crippen LogP contribution in [0.4, 0.5) is 0 Å². The van der Waals surface area contributed by atoms with E-state index in [9.17, 15) is 13.2 Å². The molecule has 20 heavy (non-hydrogen) atoms. The van der Waals surface area contributed by atoms with Crippen LogP contribution in [0.5, 0.6) is 0 Å². The Morgan fingerprint density at radius 3 is 2.45 bits per heavy atom. The Labute approximate surface area is 121 Å². The predicted octanol–water partition coefficient (Wildman–Crippen LogP) is 0.0219. The molecule has 6 nitrogen and oxygen atoms in total. The molecular formula is C13H26N2O4S. The Kier molecular flexibility index (Phi) is 5.57. The summed E-state index contributed by atoms with van der Waals surface area (Å²) in [6.07, 6.45) is 0.481. The van der Waals surface area contributed by atoms with E-state index < -0.39 is 15.9 Å². The minimum absolute atomic E-state index is 0.0271. The van der Waals surface area contributed by atoms with Crippen LogP contribution >= 0.6 is 0 Å². The van der Waals surface area contributed by atoms with Gasteiger partial charge in [0.25, 0.3) is 0 Å². The predicted molar refractivity (Wildman–Crippen MR) is 78.1 cm³/mol. The maximum Gasteiger partial charge on any atom is 0.240 e. The van der Waals surface area contributed by atoms with Gasteiger partial charge in [-0.15, -0.1) is 0 Å². The Bertz CT molecular complexity index is 442. The molecule has 1 fully saturated rings. The highest BCUT2D eigenvalue weighted by atomic mass is 32.2. The van der Waals surface area contributed by atoms with Gasteiger partial charge in [-0.1, -0.05) is 20.8 Å². The topological polar surface area (TPSA) is 89.7 Å². The molecule has 1 aliphatic rings. The molecule has 0 radical (unpaired) electrons. The Balaban J connectivity index is 2.87. The van der Waals surface area contributed by atoms with Crippen LogP contribution in [0, 0.1) is 5.41 Å². The number of sulfone groups is 1. The van der Waals surface area contributed by atoms with E-state index in [0.717, 1.165) is 0 Å². The summed E-state index contributed by atoms with van der Waals surface area (Å²) in [6.45, 7) is 6.44. The summed E-state index contributed by atoms with van der Waals surface area (Å²) in [5.41, 5.74) is 5.66. The van der Waals surface area contributed by atoms with Crippen molar-refractivity contribution in [3.8, 4) is 0 Å². The molecule has 1 unspecified atom stereocenters. The number of amides is 1. The monoisotopic (exact) mass is 306 g/mol. The fourth-order valence-corrected chi connectivity index (χ4v) is 3.96. The van der Waals surface area contributed by atoms with Crippen molar-refractivity contribution in [3.05, 3.63) is 0 Å². The molecule has 1 saturated heterocycles. The van der Waals surface area contributed by atoms with Gasteiger partial charge in [0, 0.05) is 19.7 Å². The molecule has 1 rings (SSSR count). The molecule has 7 heteroatoms. The second-order valence-corrected chi connectivity index (χ2v) is 8.65. The number of hydrogen-bond acceptors (Lipinski definition) is 5. The zero-order chi connectivity index (χ0) is 15.6. The van der Waals surface area contributed by atoms with Crippen molar-refractivity contribution in [3.63, 3.8) is 0 Å². The van der Waals surface area contributed by atoms with Crippen molar-refractivity contribution >= 4 is 15.7 Å². The molecule has 0 aromatic rings. The summed E-state index contributed by atoms with van der Waals surface area (Å²) in [5.74, 6) is -0.0324. The minimum Gasteiger partial charge on any atom is -0.383 e.